The number of methoxy groups -OCH3 is 1. The van der Waals surface area contributed by atoms with E-state index < -0.39 is 5.97 Å². The summed E-state index contributed by atoms with van der Waals surface area (Å²) in [7, 11) is 1.32. The van der Waals surface area contributed by atoms with Gasteiger partial charge >= 0.3 is 5.97 Å². The van der Waals surface area contributed by atoms with E-state index in [2.05, 4.69) is 14.8 Å². The highest BCUT2D eigenvalue weighted by Crippen LogP contribution is 2.13. The van der Waals surface area contributed by atoms with E-state index in [1.54, 1.807) is 13.0 Å². The molecule has 0 unspecified atom stereocenters. The van der Waals surface area contributed by atoms with Crippen molar-refractivity contribution in [3.8, 4) is 0 Å². The summed E-state index contributed by atoms with van der Waals surface area (Å²) in [6, 6.07) is 1.60. The van der Waals surface area contributed by atoms with Gasteiger partial charge in [-0.05, 0) is 13.0 Å². The fraction of sp³-hybridized carbons (Fsp3) is 0.222. The quantitative estimate of drug-likeness (QED) is 0.683. The van der Waals surface area contributed by atoms with Gasteiger partial charge in [-0.3, -0.25) is 0 Å². The molecule has 0 spiro atoms. The van der Waals surface area contributed by atoms with E-state index >= 15 is 0 Å². The van der Waals surface area contributed by atoms with Gasteiger partial charge in [0, 0.05) is 5.69 Å². The summed E-state index contributed by atoms with van der Waals surface area (Å²) < 4.78 is 6.01. The molecule has 6 nitrogen and oxygen atoms in total. The van der Waals surface area contributed by atoms with Crippen LogP contribution in [0.2, 0.25) is 0 Å². The highest BCUT2D eigenvalue weighted by atomic mass is 16.5. The van der Waals surface area contributed by atoms with Crippen LogP contribution in [-0.4, -0.2) is 27.7 Å². The van der Waals surface area contributed by atoms with E-state index in [4.69, 9.17) is 5.73 Å². The van der Waals surface area contributed by atoms with Gasteiger partial charge in [0.25, 0.3) is 0 Å². The Kier molecular flexibility index (Phi) is 2.03. The third kappa shape index (κ3) is 1.39. The Morgan fingerprint density at radius 1 is 1.60 bits per heavy atom. The molecule has 0 bridgehead atoms. The Balaban J connectivity index is 2.78. The van der Waals surface area contributed by atoms with Gasteiger partial charge in [0.1, 0.15) is 0 Å². The summed E-state index contributed by atoms with van der Waals surface area (Å²) in [4.78, 5) is 15.6. The van der Waals surface area contributed by atoms with Crippen molar-refractivity contribution in [2.75, 3.05) is 12.8 Å². The standard InChI is InChI=1S/C9H10N4O2/c1-5-3-7(9(14)15-2)13-8(12-5)6(10)4-11-13/h3-4H,10H2,1-2H3. The Labute approximate surface area is 85.7 Å². The van der Waals surface area contributed by atoms with Crippen molar-refractivity contribution in [3.63, 3.8) is 0 Å². The average molecular weight is 206 g/mol. The van der Waals surface area contributed by atoms with Crippen LogP contribution in [0.15, 0.2) is 12.3 Å². The number of rotatable bonds is 1. The lowest BCUT2D eigenvalue weighted by Crippen LogP contribution is -2.10. The second-order valence-electron chi connectivity index (χ2n) is 3.11. The Hall–Kier alpha value is -2.11. The van der Waals surface area contributed by atoms with Crippen molar-refractivity contribution in [3.05, 3.63) is 23.7 Å². The van der Waals surface area contributed by atoms with Crippen LogP contribution in [0, 0.1) is 6.92 Å². The van der Waals surface area contributed by atoms with Gasteiger partial charge in [0.2, 0.25) is 0 Å². The molecule has 0 saturated carbocycles. The number of carbonyl (C=O) groups excluding carboxylic acids is 1. The van der Waals surface area contributed by atoms with Crippen LogP contribution in [0.4, 0.5) is 5.69 Å². The SMILES string of the molecule is COC(=O)c1cc(C)nc2c(N)cnn12. The number of hydrogen-bond donors (Lipinski definition) is 1. The lowest BCUT2D eigenvalue weighted by molar-refractivity contribution is 0.0590. The summed E-state index contributed by atoms with van der Waals surface area (Å²) in [5.41, 5.74) is 7.57. The molecule has 2 N–H and O–H groups in total. The number of nitrogens with two attached hydrogens (primary N) is 1. The molecule has 0 aliphatic rings. The van der Waals surface area contributed by atoms with Crippen LogP contribution < -0.4 is 5.73 Å². The number of anilines is 1. The molecule has 78 valence electrons. The first-order valence-corrected chi connectivity index (χ1v) is 4.32. The van der Waals surface area contributed by atoms with E-state index in [0.29, 0.717) is 22.7 Å². The summed E-state index contributed by atoms with van der Waals surface area (Å²) in [6.07, 6.45) is 1.45. The van der Waals surface area contributed by atoms with Crippen molar-refractivity contribution >= 4 is 17.3 Å². The molecule has 6 heteroatoms. The van der Waals surface area contributed by atoms with E-state index in [9.17, 15) is 4.79 Å². The normalized spacial score (nSPS) is 10.5. The predicted molar refractivity (Wildman–Crippen MR) is 53.5 cm³/mol. The lowest BCUT2D eigenvalue weighted by atomic mass is 10.3. The second kappa shape index (κ2) is 3.23. The molecule has 0 amide bonds. The number of carbonyl (C=O) groups is 1. The Morgan fingerprint density at radius 2 is 2.33 bits per heavy atom. The highest BCUT2D eigenvalue weighted by Gasteiger charge is 2.14. The van der Waals surface area contributed by atoms with Crippen molar-refractivity contribution in [1.29, 1.82) is 0 Å². The number of esters is 1. The van der Waals surface area contributed by atoms with Crippen LogP contribution in [0.5, 0.6) is 0 Å². The van der Waals surface area contributed by atoms with Gasteiger partial charge in [0.15, 0.2) is 11.3 Å². The van der Waals surface area contributed by atoms with Crippen molar-refractivity contribution in [2.24, 2.45) is 0 Å². The fourth-order valence-corrected chi connectivity index (χ4v) is 1.35. The number of nitrogens with zero attached hydrogens (tertiary/aromatic N) is 3. The van der Waals surface area contributed by atoms with Crippen molar-refractivity contribution in [2.45, 2.75) is 6.92 Å². The maximum atomic E-state index is 11.4. The molecule has 0 aliphatic carbocycles. The topological polar surface area (TPSA) is 82.5 Å². The van der Waals surface area contributed by atoms with E-state index in [0.717, 1.165) is 0 Å². The third-order valence-electron chi connectivity index (χ3n) is 2.02. The number of hydrogen-bond acceptors (Lipinski definition) is 5. The number of aromatic nitrogens is 3. The van der Waals surface area contributed by atoms with Crippen LogP contribution in [0.3, 0.4) is 0 Å². The fourth-order valence-electron chi connectivity index (χ4n) is 1.35. The summed E-state index contributed by atoms with van der Waals surface area (Å²) in [5.74, 6) is -0.464. The van der Waals surface area contributed by atoms with Crippen molar-refractivity contribution < 1.29 is 9.53 Å². The molecule has 2 rings (SSSR count). The minimum Gasteiger partial charge on any atom is -0.464 e. The van der Waals surface area contributed by atoms with Crippen LogP contribution in [-0.2, 0) is 4.74 Å². The molecule has 0 saturated heterocycles. The number of nitrogen functional groups attached to an aromatic ring is 1. The maximum absolute atomic E-state index is 11.4. The summed E-state index contributed by atoms with van der Waals surface area (Å²) in [6.45, 7) is 1.78. The molecule has 0 aliphatic heterocycles. The monoisotopic (exact) mass is 206 g/mol. The molecule has 0 radical (unpaired) electrons. The molecule has 0 aromatic carbocycles. The largest absolute Gasteiger partial charge is 0.464 e. The van der Waals surface area contributed by atoms with Gasteiger partial charge in [-0.1, -0.05) is 0 Å². The zero-order valence-corrected chi connectivity index (χ0v) is 8.39. The van der Waals surface area contributed by atoms with Gasteiger partial charge in [0.05, 0.1) is 19.0 Å². The highest BCUT2D eigenvalue weighted by molar-refractivity contribution is 5.88. The number of ether oxygens (including phenoxy) is 1. The van der Waals surface area contributed by atoms with Crippen molar-refractivity contribution in [1.82, 2.24) is 14.6 Å². The van der Waals surface area contributed by atoms with Gasteiger partial charge in [-0.15, -0.1) is 0 Å². The Bertz CT molecular complexity index is 532. The molecule has 2 heterocycles. The number of fused-ring (bicyclic) bond motifs is 1. The first-order valence-electron chi connectivity index (χ1n) is 4.32. The minimum atomic E-state index is -0.464. The molecule has 15 heavy (non-hydrogen) atoms. The van der Waals surface area contributed by atoms with E-state index in [1.807, 2.05) is 0 Å². The van der Waals surface area contributed by atoms with Crippen LogP contribution in [0.1, 0.15) is 16.2 Å². The number of aryl methyl sites for hydroxylation is 1. The zero-order chi connectivity index (χ0) is 11.0. The molecule has 2 aromatic heterocycles. The molecule has 2 aromatic rings. The van der Waals surface area contributed by atoms with Crippen LogP contribution >= 0.6 is 0 Å². The second-order valence-corrected chi connectivity index (χ2v) is 3.11. The zero-order valence-electron chi connectivity index (χ0n) is 8.39. The maximum Gasteiger partial charge on any atom is 0.356 e. The summed E-state index contributed by atoms with van der Waals surface area (Å²) >= 11 is 0. The first-order chi connectivity index (χ1) is 7.13. The van der Waals surface area contributed by atoms with Gasteiger partial charge in [-0.2, -0.15) is 5.10 Å². The average Bonchev–Trinajstić information content (AvgIpc) is 2.58. The molecular formula is C9H10N4O2. The summed E-state index contributed by atoms with van der Waals surface area (Å²) in [5, 5.41) is 3.96. The van der Waals surface area contributed by atoms with E-state index in [-0.39, 0.29) is 0 Å². The lowest BCUT2D eigenvalue weighted by Gasteiger charge is -2.03. The van der Waals surface area contributed by atoms with Gasteiger partial charge in [-0.25, -0.2) is 14.3 Å². The molecule has 0 fully saturated rings. The third-order valence-corrected chi connectivity index (χ3v) is 2.02. The molecular weight excluding hydrogens is 196 g/mol. The van der Waals surface area contributed by atoms with Crippen LogP contribution in [0.25, 0.3) is 5.65 Å². The minimum absolute atomic E-state index is 0.316. The first kappa shape index (κ1) is 9.45. The smallest absolute Gasteiger partial charge is 0.356 e. The predicted octanol–water partition coefficient (Wildman–Crippen LogP) is 0.407. The Morgan fingerprint density at radius 3 is 3.00 bits per heavy atom. The molecule has 0 atom stereocenters. The van der Waals surface area contributed by atoms with Gasteiger partial charge < -0.3 is 10.5 Å². The van der Waals surface area contributed by atoms with E-state index in [1.165, 1.54) is 17.8 Å².